The molecule has 0 radical (unpaired) electrons. The molecule has 92 valence electrons. The monoisotopic (exact) mass is 232 g/mol. The molecule has 2 nitrogen and oxygen atoms in total. The number of aliphatic hydroxyl groups excluding tert-OH is 1. The summed E-state index contributed by atoms with van der Waals surface area (Å²) in [7, 11) is 0. The van der Waals surface area contributed by atoms with Gasteiger partial charge in [0.1, 0.15) is 11.4 Å². The number of rotatable bonds is 0. The summed E-state index contributed by atoms with van der Waals surface area (Å²) < 4.78 is 6.10. The molecule has 1 fully saturated rings. The van der Waals surface area contributed by atoms with Gasteiger partial charge in [-0.1, -0.05) is 19.1 Å². The Bertz CT molecular complexity index is 468. The molecule has 1 aromatic rings. The predicted molar refractivity (Wildman–Crippen MR) is 67.4 cm³/mol. The Morgan fingerprint density at radius 2 is 2.12 bits per heavy atom. The number of aryl methyl sites for hydroxylation is 1. The molecule has 0 amide bonds. The largest absolute Gasteiger partial charge is 0.485 e. The van der Waals surface area contributed by atoms with Gasteiger partial charge in [-0.2, -0.15) is 0 Å². The molecular weight excluding hydrogens is 212 g/mol. The van der Waals surface area contributed by atoms with Gasteiger partial charge < -0.3 is 9.84 Å². The molecule has 0 saturated heterocycles. The summed E-state index contributed by atoms with van der Waals surface area (Å²) >= 11 is 0. The minimum atomic E-state index is -0.409. The average molecular weight is 232 g/mol. The second-order valence-electron chi connectivity index (χ2n) is 6.21. The first-order valence-electron chi connectivity index (χ1n) is 6.41. The van der Waals surface area contributed by atoms with Crippen LogP contribution < -0.4 is 4.74 Å². The van der Waals surface area contributed by atoms with Crippen LogP contribution in [0.1, 0.15) is 44.2 Å². The molecule has 1 aliphatic carbocycles. The quantitative estimate of drug-likeness (QED) is 0.745. The third-order valence-electron chi connectivity index (χ3n) is 4.55. The Kier molecular flexibility index (Phi) is 2.13. The first-order valence-corrected chi connectivity index (χ1v) is 6.41. The normalized spacial score (nSPS) is 39.4. The molecule has 2 aliphatic rings. The van der Waals surface area contributed by atoms with Gasteiger partial charge in [0.15, 0.2) is 0 Å². The van der Waals surface area contributed by atoms with Crippen LogP contribution in [0.3, 0.4) is 0 Å². The van der Waals surface area contributed by atoms with Crippen LogP contribution in [-0.2, 0) is 5.41 Å². The van der Waals surface area contributed by atoms with E-state index in [0.717, 1.165) is 25.0 Å². The molecule has 1 N–H and O–H groups in total. The van der Waals surface area contributed by atoms with Crippen molar-refractivity contribution in [2.24, 2.45) is 0 Å². The van der Waals surface area contributed by atoms with Crippen molar-refractivity contribution in [3.8, 4) is 5.75 Å². The Labute approximate surface area is 103 Å². The molecule has 3 rings (SSSR count). The van der Waals surface area contributed by atoms with E-state index in [-0.39, 0.29) is 11.5 Å². The molecule has 1 aliphatic heterocycles. The maximum absolute atomic E-state index is 10.2. The summed E-state index contributed by atoms with van der Waals surface area (Å²) in [4.78, 5) is 0. The van der Waals surface area contributed by atoms with Crippen LogP contribution >= 0.6 is 0 Å². The fourth-order valence-electron chi connectivity index (χ4n) is 3.54. The van der Waals surface area contributed by atoms with Gasteiger partial charge in [0, 0.05) is 11.0 Å². The summed E-state index contributed by atoms with van der Waals surface area (Å²) in [5, 5.41) is 10.2. The molecule has 0 aromatic heterocycles. The Balaban J connectivity index is 2.16. The van der Waals surface area contributed by atoms with Crippen LogP contribution in [0, 0.1) is 6.92 Å². The zero-order valence-electron chi connectivity index (χ0n) is 10.8. The molecule has 1 aromatic carbocycles. The highest BCUT2D eigenvalue weighted by Gasteiger charge is 2.51. The van der Waals surface area contributed by atoms with E-state index in [1.807, 2.05) is 6.92 Å². The van der Waals surface area contributed by atoms with E-state index in [4.69, 9.17) is 4.74 Å². The van der Waals surface area contributed by atoms with E-state index in [0.29, 0.717) is 0 Å². The summed E-state index contributed by atoms with van der Waals surface area (Å²) in [5.41, 5.74) is 2.28. The Morgan fingerprint density at radius 1 is 1.35 bits per heavy atom. The van der Waals surface area contributed by atoms with Crippen molar-refractivity contribution in [2.75, 3.05) is 0 Å². The molecule has 3 atom stereocenters. The highest BCUT2D eigenvalue weighted by molar-refractivity contribution is 5.45. The number of benzene rings is 1. The van der Waals surface area contributed by atoms with Gasteiger partial charge in [-0.15, -0.1) is 0 Å². The van der Waals surface area contributed by atoms with Crippen LogP contribution in [0.5, 0.6) is 5.75 Å². The highest BCUT2D eigenvalue weighted by atomic mass is 16.5. The van der Waals surface area contributed by atoms with Crippen LogP contribution in [0.15, 0.2) is 18.2 Å². The van der Waals surface area contributed by atoms with Gasteiger partial charge in [-0.25, -0.2) is 0 Å². The second-order valence-corrected chi connectivity index (χ2v) is 6.21. The average Bonchev–Trinajstić information content (AvgIpc) is 2.23. The summed E-state index contributed by atoms with van der Waals surface area (Å²) in [6.07, 6.45) is 2.45. The molecule has 2 heteroatoms. The minimum Gasteiger partial charge on any atom is -0.485 e. The van der Waals surface area contributed by atoms with Crippen LogP contribution in [0.25, 0.3) is 0 Å². The third-order valence-corrected chi connectivity index (χ3v) is 4.55. The van der Waals surface area contributed by atoms with Crippen molar-refractivity contribution in [1.29, 1.82) is 0 Å². The lowest BCUT2D eigenvalue weighted by Crippen LogP contribution is -2.56. The predicted octanol–water partition coefficient (Wildman–Crippen LogP) is 2.95. The summed E-state index contributed by atoms with van der Waals surface area (Å²) in [5.74, 6) is 0.972. The standard InChI is InChI=1S/C15H20O2/c1-10-4-5-11-12(8-10)17-15(3)9-14(11,2)7-6-13(15)16/h4-5,8,13,16H,6-7,9H2,1-3H3/t13?,14?,15-/m0/s1. The molecule has 1 heterocycles. The molecule has 2 bridgehead atoms. The van der Waals surface area contributed by atoms with Crippen molar-refractivity contribution in [1.82, 2.24) is 0 Å². The molecule has 0 spiro atoms. The van der Waals surface area contributed by atoms with E-state index < -0.39 is 5.60 Å². The topological polar surface area (TPSA) is 29.5 Å². The van der Waals surface area contributed by atoms with E-state index in [2.05, 4.69) is 32.0 Å². The van der Waals surface area contributed by atoms with Gasteiger partial charge in [0.25, 0.3) is 0 Å². The zero-order chi connectivity index (χ0) is 12.3. The van der Waals surface area contributed by atoms with E-state index >= 15 is 0 Å². The first kappa shape index (κ1) is 11.1. The minimum absolute atomic E-state index is 0.162. The van der Waals surface area contributed by atoms with E-state index in [1.54, 1.807) is 0 Å². The fourth-order valence-corrected chi connectivity index (χ4v) is 3.54. The third kappa shape index (κ3) is 1.50. The van der Waals surface area contributed by atoms with Crippen molar-refractivity contribution in [3.63, 3.8) is 0 Å². The van der Waals surface area contributed by atoms with Crippen LogP contribution in [-0.4, -0.2) is 16.8 Å². The molecule has 2 unspecified atom stereocenters. The number of hydrogen-bond donors (Lipinski definition) is 1. The van der Waals surface area contributed by atoms with Gasteiger partial charge in [-0.05, 0) is 44.7 Å². The second kappa shape index (κ2) is 3.26. The molecule has 1 saturated carbocycles. The number of hydrogen-bond acceptors (Lipinski definition) is 2. The fraction of sp³-hybridized carbons (Fsp3) is 0.600. The Hall–Kier alpha value is -1.02. The lowest BCUT2D eigenvalue weighted by Gasteiger charge is -2.52. The smallest absolute Gasteiger partial charge is 0.133 e. The number of fused-ring (bicyclic) bond motifs is 4. The van der Waals surface area contributed by atoms with E-state index in [9.17, 15) is 5.11 Å². The first-order chi connectivity index (χ1) is 7.93. The number of ether oxygens (including phenoxy) is 1. The van der Waals surface area contributed by atoms with Crippen molar-refractivity contribution >= 4 is 0 Å². The molecular formula is C15H20O2. The van der Waals surface area contributed by atoms with Crippen molar-refractivity contribution in [2.45, 2.75) is 57.2 Å². The lowest BCUT2D eigenvalue weighted by molar-refractivity contribution is -0.102. The summed E-state index contributed by atoms with van der Waals surface area (Å²) in [6, 6.07) is 6.45. The van der Waals surface area contributed by atoms with Crippen LogP contribution in [0.2, 0.25) is 0 Å². The maximum Gasteiger partial charge on any atom is 0.133 e. The van der Waals surface area contributed by atoms with Crippen LogP contribution in [0.4, 0.5) is 0 Å². The van der Waals surface area contributed by atoms with Gasteiger partial charge in [0.05, 0.1) is 6.10 Å². The number of aliphatic hydroxyl groups is 1. The maximum atomic E-state index is 10.2. The van der Waals surface area contributed by atoms with E-state index in [1.165, 1.54) is 11.1 Å². The zero-order valence-corrected chi connectivity index (χ0v) is 10.8. The highest BCUT2D eigenvalue weighted by Crippen LogP contribution is 2.52. The SMILES string of the molecule is Cc1ccc2c(c1)O[C@@]1(C)CC2(C)CCC1O. The lowest BCUT2D eigenvalue weighted by atomic mass is 9.62. The van der Waals surface area contributed by atoms with Crippen molar-refractivity contribution < 1.29 is 9.84 Å². The van der Waals surface area contributed by atoms with Gasteiger partial charge in [0.2, 0.25) is 0 Å². The van der Waals surface area contributed by atoms with Gasteiger partial charge in [-0.3, -0.25) is 0 Å². The Morgan fingerprint density at radius 3 is 2.88 bits per heavy atom. The molecule has 17 heavy (non-hydrogen) atoms. The van der Waals surface area contributed by atoms with Gasteiger partial charge >= 0.3 is 0 Å². The van der Waals surface area contributed by atoms with Crippen molar-refractivity contribution in [3.05, 3.63) is 29.3 Å². The summed E-state index contributed by atoms with van der Waals surface area (Å²) in [6.45, 7) is 6.42.